The predicted octanol–water partition coefficient (Wildman–Crippen LogP) is 11.9. The molecular weight excluding hydrogens is 408 g/mol. The second kappa shape index (κ2) is 16.0. The Balaban J connectivity index is 1.89. The van der Waals surface area contributed by atoms with Crippen LogP contribution in [0.3, 0.4) is 0 Å². The first-order valence-electron chi connectivity index (χ1n) is 16.3. The SMILES string of the molecule is CCCCC(C)CCCC(CC1CCC(CC2(C)CCC2)CC1)CC(CC)C(CC)CC(C)C. The lowest BCUT2D eigenvalue weighted by Gasteiger charge is -2.43. The third kappa shape index (κ3) is 10.9. The summed E-state index contributed by atoms with van der Waals surface area (Å²) in [5, 5.41) is 0. The van der Waals surface area contributed by atoms with Gasteiger partial charge in [-0.25, -0.2) is 0 Å². The number of hydrogen-bond donors (Lipinski definition) is 0. The Morgan fingerprint density at radius 1 is 0.735 bits per heavy atom. The number of rotatable bonds is 18. The van der Waals surface area contributed by atoms with Gasteiger partial charge < -0.3 is 0 Å². The summed E-state index contributed by atoms with van der Waals surface area (Å²) in [4.78, 5) is 0. The van der Waals surface area contributed by atoms with Crippen LogP contribution in [0.4, 0.5) is 0 Å². The van der Waals surface area contributed by atoms with Crippen molar-refractivity contribution in [3.05, 3.63) is 0 Å². The highest BCUT2D eigenvalue weighted by molar-refractivity contribution is 4.87. The minimum Gasteiger partial charge on any atom is -0.0654 e. The van der Waals surface area contributed by atoms with E-state index in [1.165, 1.54) is 83.5 Å². The fraction of sp³-hybridized carbons (Fsp3) is 1.00. The molecule has 0 spiro atoms. The van der Waals surface area contributed by atoms with Crippen molar-refractivity contribution in [3.8, 4) is 0 Å². The average Bonchev–Trinajstić information content (AvgIpc) is 2.79. The van der Waals surface area contributed by atoms with Crippen molar-refractivity contribution < 1.29 is 0 Å². The molecule has 0 saturated heterocycles. The third-order valence-electron chi connectivity index (χ3n) is 10.5. The van der Waals surface area contributed by atoms with Gasteiger partial charge in [-0.05, 0) is 85.4 Å². The summed E-state index contributed by atoms with van der Waals surface area (Å²) in [5.41, 5.74) is 0.731. The van der Waals surface area contributed by atoms with Crippen molar-refractivity contribution in [1.82, 2.24) is 0 Å². The second-order valence-corrected chi connectivity index (χ2v) is 14.2. The summed E-state index contributed by atoms with van der Waals surface area (Å²) in [5.74, 6) is 6.80. The summed E-state index contributed by atoms with van der Waals surface area (Å²) < 4.78 is 0. The molecule has 0 aromatic carbocycles. The Morgan fingerprint density at radius 3 is 1.85 bits per heavy atom. The van der Waals surface area contributed by atoms with Gasteiger partial charge in [0.2, 0.25) is 0 Å². The summed E-state index contributed by atoms with van der Waals surface area (Å²) in [7, 11) is 0. The van der Waals surface area contributed by atoms with Gasteiger partial charge in [0, 0.05) is 0 Å². The average molecular weight is 475 g/mol. The van der Waals surface area contributed by atoms with Gasteiger partial charge in [0.05, 0.1) is 0 Å². The molecule has 0 aliphatic heterocycles. The van der Waals surface area contributed by atoms with Crippen molar-refractivity contribution in [2.45, 2.75) is 170 Å². The molecule has 0 radical (unpaired) electrons. The largest absolute Gasteiger partial charge is 0.0654 e. The van der Waals surface area contributed by atoms with Gasteiger partial charge in [-0.1, -0.05) is 132 Å². The summed E-state index contributed by atoms with van der Waals surface area (Å²) in [6, 6.07) is 0. The topological polar surface area (TPSA) is 0 Å². The van der Waals surface area contributed by atoms with Gasteiger partial charge in [-0.3, -0.25) is 0 Å². The molecular formula is C34H66. The molecule has 0 bridgehead atoms. The van der Waals surface area contributed by atoms with Crippen LogP contribution in [0.15, 0.2) is 0 Å². The van der Waals surface area contributed by atoms with Gasteiger partial charge in [0.25, 0.3) is 0 Å². The first-order valence-corrected chi connectivity index (χ1v) is 16.3. The molecule has 0 heteroatoms. The second-order valence-electron chi connectivity index (χ2n) is 14.2. The normalized spacial score (nSPS) is 26.1. The molecule has 0 nitrogen and oxygen atoms in total. The van der Waals surface area contributed by atoms with E-state index in [0.29, 0.717) is 0 Å². The molecule has 0 N–H and O–H groups in total. The van der Waals surface area contributed by atoms with Crippen LogP contribution in [-0.2, 0) is 0 Å². The first kappa shape index (κ1) is 30.2. The van der Waals surface area contributed by atoms with E-state index in [1.807, 2.05) is 0 Å². The van der Waals surface area contributed by atoms with Crippen LogP contribution in [0.2, 0.25) is 0 Å². The zero-order valence-corrected chi connectivity index (χ0v) is 25.0. The highest BCUT2D eigenvalue weighted by atomic mass is 14.4. The quantitative estimate of drug-likeness (QED) is 0.185. The number of hydrogen-bond acceptors (Lipinski definition) is 0. The van der Waals surface area contributed by atoms with E-state index in [0.717, 1.165) is 46.8 Å². The standard InChI is InChI=1S/C34H66/c1-8-11-14-28(6)15-12-16-31(25-33(10-3)32(9-2)23-27(4)5)24-29-17-19-30(20-18-29)26-34(7)21-13-22-34/h27-33H,8-26H2,1-7H3. The van der Waals surface area contributed by atoms with Crippen molar-refractivity contribution in [1.29, 1.82) is 0 Å². The molecule has 0 aromatic rings. The van der Waals surface area contributed by atoms with E-state index >= 15 is 0 Å². The summed E-state index contributed by atoms with van der Waals surface area (Å²) in [6.45, 7) is 17.3. The highest BCUT2D eigenvalue weighted by Gasteiger charge is 2.35. The van der Waals surface area contributed by atoms with Crippen LogP contribution in [-0.4, -0.2) is 0 Å². The smallest absolute Gasteiger partial charge is 0.0323 e. The molecule has 202 valence electrons. The molecule has 2 saturated carbocycles. The minimum atomic E-state index is 0.731. The number of unbranched alkanes of at least 4 members (excludes halogenated alkanes) is 1. The zero-order valence-electron chi connectivity index (χ0n) is 25.0. The Kier molecular flexibility index (Phi) is 14.2. The summed E-state index contributed by atoms with van der Waals surface area (Å²) >= 11 is 0. The van der Waals surface area contributed by atoms with E-state index < -0.39 is 0 Å². The van der Waals surface area contributed by atoms with Crippen LogP contribution in [0.1, 0.15) is 170 Å². The van der Waals surface area contributed by atoms with Gasteiger partial charge in [0.15, 0.2) is 0 Å². The fourth-order valence-corrected chi connectivity index (χ4v) is 8.03. The van der Waals surface area contributed by atoms with Gasteiger partial charge in [-0.15, -0.1) is 0 Å². The Morgan fingerprint density at radius 2 is 1.32 bits per heavy atom. The molecule has 2 aliphatic carbocycles. The van der Waals surface area contributed by atoms with E-state index in [9.17, 15) is 0 Å². The van der Waals surface area contributed by atoms with Gasteiger partial charge in [0.1, 0.15) is 0 Å². The van der Waals surface area contributed by atoms with Crippen molar-refractivity contribution in [3.63, 3.8) is 0 Å². The van der Waals surface area contributed by atoms with Crippen LogP contribution >= 0.6 is 0 Å². The molecule has 0 aromatic heterocycles. The van der Waals surface area contributed by atoms with Crippen molar-refractivity contribution in [2.24, 2.45) is 46.8 Å². The maximum atomic E-state index is 2.58. The lowest BCUT2D eigenvalue weighted by atomic mass is 9.63. The van der Waals surface area contributed by atoms with Crippen molar-refractivity contribution in [2.75, 3.05) is 0 Å². The fourth-order valence-electron chi connectivity index (χ4n) is 8.03. The van der Waals surface area contributed by atoms with Crippen LogP contribution in [0.25, 0.3) is 0 Å². The van der Waals surface area contributed by atoms with Gasteiger partial charge >= 0.3 is 0 Å². The van der Waals surface area contributed by atoms with E-state index in [1.54, 1.807) is 38.5 Å². The zero-order chi connectivity index (χ0) is 25.0. The van der Waals surface area contributed by atoms with E-state index in [4.69, 9.17) is 0 Å². The predicted molar refractivity (Wildman–Crippen MR) is 154 cm³/mol. The first-order chi connectivity index (χ1) is 16.3. The third-order valence-corrected chi connectivity index (χ3v) is 10.5. The van der Waals surface area contributed by atoms with Crippen LogP contribution in [0.5, 0.6) is 0 Å². The molecule has 2 aliphatic rings. The van der Waals surface area contributed by atoms with Crippen LogP contribution < -0.4 is 0 Å². The molecule has 0 amide bonds. The molecule has 4 unspecified atom stereocenters. The highest BCUT2D eigenvalue weighted by Crippen LogP contribution is 2.49. The minimum absolute atomic E-state index is 0.731. The van der Waals surface area contributed by atoms with Gasteiger partial charge in [-0.2, -0.15) is 0 Å². The maximum Gasteiger partial charge on any atom is -0.0323 e. The van der Waals surface area contributed by atoms with E-state index in [2.05, 4.69) is 48.5 Å². The molecule has 0 heterocycles. The Bertz CT molecular complexity index is 492. The monoisotopic (exact) mass is 475 g/mol. The summed E-state index contributed by atoms with van der Waals surface area (Å²) in [6.07, 6.45) is 28.3. The molecule has 4 atom stereocenters. The Labute approximate surface area is 217 Å². The molecule has 2 rings (SSSR count). The maximum absolute atomic E-state index is 2.58. The lowest BCUT2D eigenvalue weighted by molar-refractivity contribution is 0.0910. The lowest BCUT2D eigenvalue weighted by Crippen LogP contribution is -2.30. The Hall–Kier alpha value is 0. The molecule has 2 fully saturated rings. The van der Waals surface area contributed by atoms with E-state index in [-0.39, 0.29) is 0 Å². The van der Waals surface area contributed by atoms with Crippen molar-refractivity contribution >= 4 is 0 Å². The molecule has 34 heavy (non-hydrogen) atoms. The van der Waals surface area contributed by atoms with Crippen LogP contribution in [0, 0.1) is 46.8 Å².